The Labute approximate surface area is 340 Å². The van der Waals surface area contributed by atoms with Crippen LogP contribution in [0, 0.1) is 62.1 Å². The van der Waals surface area contributed by atoms with Gasteiger partial charge in [0, 0.05) is 28.1 Å². The second-order valence-corrected chi connectivity index (χ2v) is 21.5. The van der Waals surface area contributed by atoms with Crippen LogP contribution >= 0.6 is 0 Å². The molecule has 1 saturated heterocycles. The molecule has 0 unspecified atom stereocenters. The van der Waals surface area contributed by atoms with Gasteiger partial charge >= 0.3 is 11.9 Å². The highest BCUT2D eigenvalue weighted by atomic mass is 16.5. The van der Waals surface area contributed by atoms with E-state index in [2.05, 4.69) is 87.2 Å². The number of fused-ring (bicyclic) bond motifs is 3. The van der Waals surface area contributed by atoms with Gasteiger partial charge in [0.15, 0.2) is 5.82 Å². The number of methoxy groups -OCH3 is 1. The zero-order valence-electron chi connectivity index (χ0n) is 36.6. The first-order valence-corrected chi connectivity index (χ1v) is 21.4. The van der Waals surface area contributed by atoms with Crippen LogP contribution in [0.15, 0.2) is 36.3 Å². The highest BCUT2D eigenvalue weighted by molar-refractivity contribution is 5.87. The number of aromatic nitrogens is 4. The number of allylic oxidation sites excluding steroid dienone is 1. The van der Waals surface area contributed by atoms with Crippen molar-refractivity contribution >= 4 is 11.9 Å². The van der Waals surface area contributed by atoms with Crippen LogP contribution in [0.3, 0.4) is 0 Å². The van der Waals surface area contributed by atoms with Gasteiger partial charge in [-0.3, -0.25) is 4.79 Å². The van der Waals surface area contributed by atoms with Crippen molar-refractivity contribution in [2.75, 3.05) is 26.9 Å². The first kappa shape index (κ1) is 42.0. The van der Waals surface area contributed by atoms with E-state index in [1.54, 1.807) is 18.6 Å². The van der Waals surface area contributed by atoms with E-state index in [1.165, 1.54) is 12.7 Å². The van der Waals surface area contributed by atoms with E-state index in [-0.39, 0.29) is 62.7 Å². The minimum Gasteiger partial charge on any atom is -0.481 e. The van der Waals surface area contributed by atoms with Crippen LogP contribution in [0.5, 0.6) is 0 Å². The maximum atomic E-state index is 13.6. The van der Waals surface area contributed by atoms with E-state index in [0.29, 0.717) is 31.6 Å². The van der Waals surface area contributed by atoms with Gasteiger partial charge in [-0.1, -0.05) is 80.9 Å². The van der Waals surface area contributed by atoms with E-state index in [0.717, 1.165) is 44.1 Å². The topological polar surface area (TPSA) is 152 Å². The second kappa shape index (κ2) is 14.0. The Morgan fingerprint density at radius 2 is 1.75 bits per heavy atom. The Kier molecular flexibility index (Phi) is 10.3. The van der Waals surface area contributed by atoms with Crippen LogP contribution in [0.4, 0.5) is 0 Å². The normalized spacial score (nSPS) is 39.2. The number of aliphatic carboxylic acids is 1. The van der Waals surface area contributed by atoms with Crippen molar-refractivity contribution in [2.24, 2.45) is 67.8 Å². The Morgan fingerprint density at radius 1 is 1.04 bits per heavy atom. The molecule has 5 aliphatic rings. The first-order valence-electron chi connectivity index (χ1n) is 21.4. The number of nitrogens with zero attached hydrogens (tertiary/aromatic N) is 4. The number of pyridine rings is 1. The van der Waals surface area contributed by atoms with Gasteiger partial charge < -0.3 is 25.1 Å². The smallest absolute Gasteiger partial charge is 0.356 e. The van der Waals surface area contributed by atoms with Crippen molar-refractivity contribution in [1.29, 1.82) is 0 Å². The third-order valence-electron chi connectivity index (χ3n) is 17.7. The summed E-state index contributed by atoms with van der Waals surface area (Å²) in [6.45, 7) is 26.2. The van der Waals surface area contributed by atoms with Gasteiger partial charge in [0.2, 0.25) is 0 Å². The summed E-state index contributed by atoms with van der Waals surface area (Å²) in [6, 6.07) is 3.28. The molecule has 3 saturated carbocycles. The lowest BCUT2D eigenvalue weighted by molar-refractivity contribution is -0.253. The zero-order valence-corrected chi connectivity index (χ0v) is 36.6. The molecule has 12 atom stereocenters. The Bertz CT molecular complexity index is 1900. The number of carbonyl (C=O) groups is 2. The number of hydrogen-bond acceptors (Lipinski definition) is 9. The van der Waals surface area contributed by atoms with Gasteiger partial charge in [0.25, 0.3) is 0 Å². The summed E-state index contributed by atoms with van der Waals surface area (Å²) in [6.07, 6.45) is 10.8. The molecular formula is C46H69N5O6. The maximum Gasteiger partial charge on any atom is 0.356 e. The summed E-state index contributed by atoms with van der Waals surface area (Å²) in [7, 11) is 1.35. The number of esters is 1. The molecule has 4 aliphatic carbocycles. The van der Waals surface area contributed by atoms with Crippen LogP contribution in [0.25, 0.3) is 11.4 Å². The maximum absolute atomic E-state index is 13.6. The van der Waals surface area contributed by atoms with Gasteiger partial charge in [-0.2, -0.15) is 5.10 Å². The quantitative estimate of drug-likeness (QED) is 0.187. The molecule has 0 aromatic carbocycles. The summed E-state index contributed by atoms with van der Waals surface area (Å²) >= 11 is 0. The molecule has 1 aliphatic heterocycles. The summed E-state index contributed by atoms with van der Waals surface area (Å²) < 4.78 is 21.0. The summed E-state index contributed by atoms with van der Waals surface area (Å²) in [5.41, 5.74) is 7.02. The standard InChI is InChI=1S/C46H69N5O6/c1-27(2)28(3)41(7)19-20-43(9)30-14-16-34-42(8)23-56-25-46(34,31(30)17-18-44(43,10)35(41)38(52)53)21-33(36(42)57-24-45(11,47)40(4,5)6)51-37(49-26-50-51)29-13-15-32(48-22-29)39(54)55-12/h13,15,17,22,26-28,30,33-36H,14,16,18-21,23-25,47H2,1-12H3,(H,52,53)/t28-,30+,33-,34+,35-,36+,41-,42-,43-,44+,45+,46+/m1/s1. The molecule has 0 amide bonds. The molecule has 3 heterocycles. The van der Waals surface area contributed by atoms with Gasteiger partial charge in [-0.15, -0.1) is 0 Å². The number of ether oxygens (including phenoxy) is 3. The minimum absolute atomic E-state index is 0.202. The highest BCUT2D eigenvalue weighted by Gasteiger charge is 2.72. The molecule has 2 aromatic rings. The molecule has 57 heavy (non-hydrogen) atoms. The number of hydrogen-bond donors (Lipinski definition) is 2. The largest absolute Gasteiger partial charge is 0.481 e. The molecule has 2 aromatic heterocycles. The summed E-state index contributed by atoms with van der Waals surface area (Å²) in [4.78, 5) is 35.1. The monoisotopic (exact) mass is 788 g/mol. The molecule has 4 fully saturated rings. The SMILES string of the molecule is COC(=O)c1ccc(-c2ncnn2[C@@H]2C[C@@]34COC[C@](C)([C@@H]3CC[C@H]3C4=CC[C@@]4(C)[C@H](C(=O)O)[C@@](C)([C@H](C)C(C)C)CC[C@]34C)[C@H]2OC[C@](C)(N)C(C)(C)C)cn1. The number of rotatable bonds is 9. The fourth-order valence-corrected chi connectivity index (χ4v) is 13.1. The van der Waals surface area contributed by atoms with E-state index in [9.17, 15) is 14.7 Å². The minimum atomic E-state index is -0.650. The second-order valence-electron chi connectivity index (χ2n) is 21.5. The molecule has 314 valence electrons. The van der Waals surface area contributed by atoms with Crippen molar-refractivity contribution in [2.45, 2.75) is 132 Å². The van der Waals surface area contributed by atoms with Gasteiger partial charge in [-0.25, -0.2) is 19.4 Å². The van der Waals surface area contributed by atoms with E-state index < -0.39 is 28.8 Å². The van der Waals surface area contributed by atoms with E-state index >= 15 is 0 Å². The number of carboxylic acids is 1. The molecule has 7 rings (SSSR count). The van der Waals surface area contributed by atoms with Crippen molar-refractivity contribution in [3.8, 4) is 11.4 Å². The molecule has 11 heteroatoms. The summed E-state index contributed by atoms with van der Waals surface area (Å²) in [5, 5.41) is 16.1. The van der Waals surface area contributed by atoms with Crippen molar-refractivity contribution in [3.63, 3.8) is 0 Å². The van der Waals surface area contributed by atoms with Gasteiger partial charge in [0.05, 0.1) is 45.0 Å². The van der Waals surface area contributed by atoms with Crippen molar-refractivity contribution in [1.82, 2.24) is 19.7 Å². The van der Waals surface area contributed by atoms with Crippen molar-refractivity contribution in [3.05, 3.63) is 42.0 Å². The fraction of sp³-hybridized carbons (Fsp3) is 0.761. The third kappa shape index (κ3) is 6.09. The predicted molar refractivity (Wildman–Crippen MR) is 219 cm³/mol. The Morgan fingerprint density at radius 3 is 2.37 bits per heavy atom. The first-order chi connectivity index (χ1) is 26.5. The van der Waals surface area contributed by atoms with Crippen LogP contribution in [0.1, 0.15) is 131 Å². The Balaban J connectivity index is 1.35. The van der Waals surface area contributed by atoms with E-state index in [1.807, 2.05) is 10.7 Å². The predicted octanol–water partition coefficient (Wildman–Crippen LogP) is 8.41. The third-order valence-corrected chi connectivity index (χ3v) is 17.7. The number of carboxylic acid groups (broad SMARTS) is 1. The average Bonchev–Trinajstić information content (AvgIpc) is 3.63. The fourth-order valence-electron chi connectivity index (χ4n) is 13.1. The lowest BCUT2D eigenvalue weighted by Crippen LogP contribution is -2.69. The number of nitrogens with two attached hydrogens (primary N) is 1. The van der Waals surface area contributed by atoms with Crippen LogP contribution < -0.4 is 5.73 Å². The molecule has 2 bridgehead atoms. The average molecular weight is 788 g/mol. The van der Waals surface area contributed by atoms with Crippen LogP contribution in [-0.2, 0) is 19.0 Å². The lowest BCUT2D eigenvalue weighted by atomic mass is 9.34. The molecule has 3 N–H and O–H groups in total. The Hall–Kier alpha value is -3.15. The van der Waals surface area contributed by atoms with Gasteiger partial charge in [0.1, 0.15) is 12.0 Å². The van der Waals surface area contributed by atoms with Crippen LogP contribution in [0.2, 0.25) is 0 Å². The van der Waals surface area contributed by atoms with Crippen LogP contribution in [-0.4, -0.2) is 75.4 Å². The van der Waals surface area contributed by atoms with Gasteiger partial charge in [-0.05, 0) is 103 Å². The molecule has 0 radical (unpaired) electrons. The highest BCUT2D eigenvalue weighted by Crippen LogP contribution is 2.75. The number of carbonyl (C=O) groups excluding carboxylic acids is 1. The van der Waals surface area contributed by atoms with Crippen molar-refractivity contribution < 1.29 is 28.9 Å². The van der Waals surface area contributed by atoms with E-state index in [4.69, 9.17) is 30.0 Å². The molecular weight excluding hydrogens is 719 g/mol. The summed E-state index contributed by atoms with van der Waals surface area (Å²) in [5.74, 6) is 0.239. The zero-order chi connectivity index (χ0) is 41.7. The molecule has 0 spiro atoms. The lowest BCUT2D eigenvalue weighted by Gasteiger charge is -2.71. The molecule has 11 nitrogen and oxygen atoms in total.